The molecule has 6 nitrogen and oxygen atoms in total. The quantitative estimate of drug-likeness (QED) is 0.569. The van der Waals surface area contributed by atoms with Gasteiger partial charge in [0.2, 0.25) is 0 Å². The van der Waals surface area contributed by atoms with Crippen LogP contribution in [0.5, 0.6) is 0 Å². The molecule has 0 atom stereocenters. The Bertz CT molecular complexity index is 366. The van der Waals surface area contributed by atoms with Gasteiger partial charge in [0.15, 0.2) is 0 Å². The molecule has 0 aliphatic carbocycles. The van der Waals surface area contributed by atoms with Gasteiger partial charge in [-0.05, 0) is 13.3 Å². The summed E-state index contributed by atoms with van der Waals surface area (Å²) >= 11 is 0. The molecule has 4 N–H and O–H groups in total. The molecule has 1 rings (SSSR count). The van der Waals surface area contributed by atoms with Gasteiger partial charge in [-0.1, -0.05) is 6.92 Å². The molecule has 0 unspecified atom stereocenters. The molecule has 0 aromatic carbocycles. The number of hydrogen-bond acceptors (Lipinski definition) is 6. The van der Waals surface area contributed by atoms with Crippen LogP contribution in [-0.4, -0.2) is 46.0 Å². The first kappa shape index (κ1) is 13.7. The van der Waals surface area contributed by atoms with E-state index in [9.17, 15) is 10.2 Å². The smallest absolute Gasteiger partial charge is 0.135 e. The first-order valence-corrected chi connectivity index (χ1v) is 5.61. The Morgan fingerprint density at radius 1 is 1.24 bits per heavy atom. The Morgan fingerprint density at radius 3 is 2.29 bits per heavy atom. The molecule has 0 spiro atoms. The van der Waals surface area contributed by atoms with Crippen molar-refractivity contribution in [3.8, 4) is 0 Å². The second-order valence-electron chi connectivity index (χ2n) is 4.15. The van der Waals surface area contributed by atoms with Crippen molar-refractivity contribution in [2.24, 2.45) is 0 Å². The number of anilines is 2. The third kappa shape index (κ3) is 3.04. The second kappa shape index (κ2) is 5.79. The molecular formula is C11H20N4O2. The maximum atomic E-state index is 9.26. The van der Waals surface area contributed by atoms with Crippen molar-refractivity contribution in [3.63, 3.8) is 0 Å². The summed E-state index contributed by atoms with van der Waals surface area (Å²) in [5.41, 5.74) is 0.145. The van der Waals surface area contributed by atoms with E-state index in [0.717, 1.165) is 17.8 Å². The van der Waals surface area contributed by atoms with Crippen LogP contribution < -0.4 is 10.6 Å². The second-order valence-corrected chi connectivity index (χ2v) is 4.15. The van der Waals surface area contributed by atoms with E-state index < -0.39 is 5.54 Å². The van der Waals surface area contributed by atoms with E-state index in [4.69, 9.17) is 0 Å². The van der Waals surface area contributed by atoms with Crippen LogP contribution in [0.1, 0.15) is 19.4 Å². The Balaban J connectivity index is 3.05. The molecule has 0 amide bonds. The topological polar surface area (TPSA) is 90.3 Å². The van der Waals surface area contributed by atoms with E-state index in [2.05, 4.69) is 20.6 Å². The number of aromatic nitrogens is 2. The molecule has 0 saturated heterocycles. The molecule has 0 bridgehead atoms. The first-order valence-electron chi connectivity index (χ1n) is 5.61. The lowest BCUT2D eigenvalue weighted by molar-refractivity contribution is 0.147. The van der Waals surface area contributed by atoms with Gasteiger partial charge in [0.05, 0.1) is 18.8 Å². The predicted molar refractivity (Wildman–Crippen MR) is 67.2 cm³/mol. The van der Waals surface area contributed by atoms with Crippen LogP contribution in [-0.2, 0) is 6.42 Å². The molecular weight excluding hydrogens is 220 g/mol. The molecule has 0 radical (unpaired) electrons. The van der Waals surface area contributed by atoms with Gasteiger partial charge in [-0.3, -0.25) is 0 Å². The lowest BCUT2D eigenvalue weighted by Crippen LogP contribution is -2.43. The number of aliphatic hydroxyl groups excluding tert-OH is 2. The highest BCUT2D eigenvalue weighted by molar-refractivity contribution is 5.58. The standard InChI is InChI=1S/C11H20N4O2/c1-4-8-9(12-3)13-7-14-10(8)15-11(2,5-16)6-17/h7,16-17H,4-6H2,1-3H3,(H2,12,13,14,15). The van der Waals surface area contributed by atoms with Gasteiger partial charge >= 0.3 is 0 Å². The molecule has 17 heavy (non-hydrogen) atoms. The van der Waals surface area contributed by atoms with Crippen LogP contribution in [0, 0.1) is 0 Å². The van der Waals surface area contributed by atoms with E-state index in [1.165, 1.54) is 6.33 Å². The Kier molecular flexibility index (Phi) is 4.65. The highest BCUT2D eigenvalue weighted by Gasteiger charge is 2.24. The molecule has 0 fully saturated rings. The average molecular weight is 240 g/mol. The van der Waals surface area contributed by atoms with E-state index in [0.29, 0.717) is 5.82 Å². The minimum Gasteiger partial charge on any atom is -0.394 e. The predicted octanol–water partition coefficient (Wildman–Crippen LogP) is 0.236. The monoisotopic (exact) mass is 240 g/mol. The van der Waals surface area contributed by atoms with Crippen molar-refractivity contribution in [1.82, 2.24) is 9.97 Å². The highest BCUT2D eigenvalue weighted by Crippen LogP contribution is 2.22. The summed E-state index contributed by atoms with van der Waals surface area (Å²) in [6.45, 7) is 3.38. The first-order chi connectivity index (χ1) is 8.10. The molecule has 1 aromatic rings. The minimum atomic E-state index is -0.788. The van der Waals surface area contributed by atoms with Crippen LogP contribution in [0.2, 0.25) is 0 Å². The third-order valence-electron chi connectivity index (χ3n) is 2.65. The maximum Gasteiger partial charge on any atom is 0.135 e. The van der Waals surface area contributed by atoms with E-state index in [1.54, 1.807) is 14.0 Å². The lowest BCUT2D eigenvalue weighted by atomic mass is 10.0. The summed E-state index contributed by atoms with van der Waals surface area (Å²) < 4.78 is 0. The highest BCUT2D eigenvalue weighted by atomic mass is 16.3. The summed E-state index contributed by atoms with van der Waals surface area (Å²) in [7, 11) is 1.79. The van der Waals surface area contributed by atoms with Crippen molar-refractivity contribution in [2.45, 2.75) is 25.8 Å². The molecule has 96 valence electrons. The summed E-state index contributed by atoms with van der Waals surface area (Å²) in [5.74, 6) is 1.39. The lowest BCUT2D eigenvalue weighted by Gasteiger charge is -2.28. The van der Waals surface area contributed by atoms with Gasteiger partial charge in [-0.15, -0.1) is 0 Å². The zero-order chi connectivity index (χ0) is 12.9. The Labute approximate surface area is 101 Å². The normalized spacial score (nSPS) is 11.4. The van der Waals surface area contributed by atoms with Crippen molar-refractivity contribution in [1.29, 1.82) is 0 Å². The summed E-state index contributed by atoms with van der Waals surface area (Å²) in [5, 5.41) is 24.6. The van der Waals surface area contributed by atoms with Crippen molar-refractivity contribution < 1.29 is 10.2 Å². The van der Waals surface area contributed by atoms with Crippen LogP contribution in [0.3, 0.4) is 0 Å². The van der Waals surface area contributed by atoms with Crippen LogP contribution in [0.4, 0.5) is 11.6 Å². The fraction of sp³-hybridized carbons (Fsp3) is 0.636. The number of rotatable bonds is 6. The fourth-order valence-electron chi connectivity index (χ4n) is 1.49. The molecule has 0 aliphatic heterocycles. The fourth-order valence-corrected chi connectivity index (χ4v) is 1.49. The van der Waals surface area contributed by atoms with Gasteiger partial charge in [0, 0.05) is 12.6 Å². The molecule has 1 aromatic heterocycles. The van der Waals surface area contributed by atoms with Crippen LogP contribution >= 0.6 is 0 Å². The summed E-state index contributed by atoms with van der Waals surface area (Å²) in [4.78, 5) is 8.28. The van der Waals surface area contributed by atoms with Gasteiger partial charge in [0.1, 0.15) is 18.0 Å². The third-order valence-corrected chi connectivity index (χ3v) is 2.65. The Hall–Kier alpha value is -1.40. The zero-order valence-corrected chi connectivity index (χ0v) is 10.5. The van der Waals surface area contributed by atoms with Crippen molar-refractivity contribution >= 4 is 11.6 Å². The number of aliphatic hydroxyl groups is 2. The van der Waals surface area contributed by atoms with Gasteiger partial charge in [-0.2, -0.15) is 0 Å². The number of nitrogens with zero attached hydrogens (tertiary/aromatic N) is 2. The molecule has 1 heterocycles. The van der Waals surface area contributed by atoms with Crippen LogP contribution in [0.15, 0.2) is 6.33 Å². The SMILES string of the molecule is CCc1c(NC)ncnc1NC(C)(CO)CO. The van der Waals surface area contributed by atoms with Gasteiger partial charge < -0.3 is 20.8 Å². The maximum absolute atomic E-state index is 9.26. The Morgan fingerprint density at radius 2 is 1.82 bits per heavy atom. The van der Waals surface area contributed by atoms with E-state index >= 15 is 0 Å². The molecule has 0 aliphatic rings. The average Bonchev–Trinajstić information content (AvgIpc) is 2.38. The molecule has 6 heteroatoms. The van der Waals surface area contributed by atoms with Crippen molar-refractivity contribution in [2.75, 3.05) is 30.9 Å². The van der Waals surface area contributed by atoms with Gasteiger partial charge in [0.25, 0.3) is 0 Å². The van der Waals surface area contributed by atoms with Crippen LogP contribution in [0.25, 0.3) is 0 Å². The summed E-state index contributed by atoms with van der Waals surface area (Å²) in [6, 6.07) is 0. The van der Waals surface area contributed by atoms with E-state index in [-0.39, 0.29) is 13.2 Å². The largest absolute Gasteiger partial charge is 0.394 e. The zero-order valence-electron chi connectivity index (χ0n) is 10.5. The number of nitrogens with one attached hydrogen (secondary N) is 2. The number of hydrogen-bond donors (Lipinski definition) is 4. The van der Waals surface area contributed by atoms with E-state index in [1.807, 2.05) is 6.92 Å². The van der Waals surface area contributed by atoms with Crippen molar-refractivity contribution in [3.05, 3.63) is 11.9 Å². The molecule has 0 saturated carbocycles. The minimum absolute atomic E-state index is 0.175. The van der Waals surface area contributed by atoms with Gasteiger partial charge in [-0.25, -0.2) is 9.97 Å². The summed E-state index contributed by atoms with van der Waals surface area (Å²) in [6.07, 6.45) is 2.20.